The van der Waals surface area contributed by atoms with Crippen LogP contribution < -0.4 is 31.9 Å². The zero-order valence-corrected chi connectivity index (χ0v) is 39.6. The highest BCUT2D eigenvalue weighted by molar-refractivity contribution is 5.94. The summed E-state index contributed by atoms with van der Waals surface area (Å²) < 4.78 is 10.7. The van der Waals surface area contributed by atoms with Gasteiger partial charge in [-0.3, -0.25) is 43.2 Å². The van der Waals surface area contributed by atoms with Gasteiger partial charge in [0.1, 0.15) is 31.3 Å². The first kappa shape index (κ1) is 65.4. The van der Waals surface area contributed by atoms with E-state index in [0.29, 0.717) is 25.8 Å². The fraction of sp³-hybridized carbons (Fsp3) is 0.780. The van der Waals surface area contributed by atoms with Gasteiger partial charge in [-0.25, -0.2) is 0 Å². The van der Waals surface area contributed by atoms with E-state index in [9.17, 15) is 43.5 Å². The van der Waals surface area contributed by atoms with Crippen LogP contribution in [0.15, 0.2) is 0 Å². The number of ether oxygens (including phenoxy) is 2. The van der Waals surface area contributed by atoms with E-state index >= 15 is 0 Å². The van der Waals surface area contributed by atoms with E-state index in [1.807, 2.05) is 27.7 Å². The third-order valence-electron chi connectivity index (χ3n) is 7.04. The maximum atomic E-state index is 12.8. The van der Waals surface area contributed by atoms with Crippen LogP contribution in [0, 0.1) is 11.8 Å². The molecular weight excluding hydrogens is 798 g/mol. The molecule has 0 spiro atoms. The molecule has 61 heavy (non-hydrogen) atoms. The molecule has 0 aromatic carbocycles. The largest absolute Gasteiger partial charge is 0.481 e. The fourth-order valence-corrected chi connectivity index (χ4v) is 4.13. The number of rotatable bonds is 21. The first-order valence-corrected chi connectivity index (χ1v) is 20.9. The number of Topliss-reactive ketones (excluding diaryl/α,β-unsaturated/α-hetero) is 1. The standard InChI is InChI=1S/C28H48N6O10.C4H10.C3H6O2.C2H5NO.2C2H6/c1-7-29-21(37)12-32-27(42)25(18(4)35)33-22(38)13-31-26(41)19-9-8-10-34(19)24(40)14-30-23(39)15-43-16-44-28(5,6)11-20(36)17(2)3;1-4(2)3;1-2-3(4)5;1-3-2-4;2*1-2/h17-19,25,35H,7-16H2,1-6H3,(H,29,37)(H,30,39)(H,31,41)(H,32,42)(H,33,38);4H,1-3H3;2H2,1H3,(H,4,5);2H,1H3,(H,3,4);2*1-2H3. The maximum Gasteiger partial charge on any atom is 0.303 e. The van der Waals surface area contributed by atoms with Crippen LogP contribution in [0.1, 0.15) is 123 Å². The molecule has 1 fully saturated rings. The third kappa shape index (κ3) is 39.2. The molecule has 358 valence electrons. The Balaban J connectivity index is -0.000000522. The van der Waals surface area contributed by atoms with Crippen LogP contribution in [0.5, 0.6) is 0 Å². The highest BCUT2D eigenvalue weighted by Gasteiger charge is 2.34. The Hall–Kier alpha value is -4.69. The quantitative estimate of drug-likeness (QED) is 0.0459. The SMILES string of the molecule is CC.CC.CC(C)C.CCC(=O)O.CCNC(=O)CNC(=O)C(NC(=O)CNC(=O)C1CCCN1C(=O)CNC(=O)COCOC(C)(C)CC(=O)C(C)C)C(C)O.CNC=O. The topological polar surface area (TPSA) is 288 Å². The Kier molecular flexibility index (Phi) is 43.7. The van der Waals surface area contributed by atoms with Gasteiger partial charge in [-0.05, 0) is 46.5 Å². The molecule has 20 heteroatoms. The van der Waals surface area contributed by atoms with Crippen molar-refractivity contribution in [3.8, 4) is 0 Å². The van der Waals surface area contributed by atoms with E-state index in [0.717, 1.165) is 5.92 Å². The fourth-order valence-electron chi connectivity index (χ4n) is 4.13. The van der Waals surface area contributed by atoms with Gasteiger partial charge in [-0.15, -0.1) is 0 Å². The number of carboxylic acid groups (broad SMARTS) is 1. The lowest BCUT2D eigenvalue weighted by Gasteiger charge is -2.25. The summed E-state index contributed by atoms with van der Waals surface area (Å²) in [6.45, 7) is 25.0. The second-order valence-corrected chi connectivity index (χ2v) is 14.3. The number of carbonyl (C=O) groups excluding carboxylic acids is 8. The molecule has 0 aromatic heterocycles. The van der Waals surface area contributed by atoms with Gasteiger partial charge in [-0.1, -0.05) is 69.2 Å². The molecule has 1 rings (SSSR count). The number of likely N-dealkylation sites (tertiary alicyclic amines) is 1. The summed E-state index contributed by atoms with van der Waals surface area (Å²) in [5.41, 5.74) is -0.763. The number of carbonyl (C=O) groups is 9. The van der Waals surface area contributed by atoms with Crippen molar-refractivity contribution >= 4 is 53.6 Å². The second kappa shape index (κ2) is 40.7. The molecule has 7 amide bonds. The molecular formula is C41H81N7O13. The lowest BCUT2D eigenvalue weighted by Crippen LogP contribution is -2.56. The second-order valence-electron chi connectivity index (χ2n) is 14.3. The monoisotopic (exact) mass is 880 g/mol. The molecule has 0 saturated carbocycles. The van der Waals surface area contributed by atoms with E-state index in [4.69, 9.17) is 19.4 Å². The average Bonchev–Trinajstić information content (AvgIpc) is 3.71. The number of aliphatic hydroxyl groups is 1. The predicted molar refractivity (Wildman–Crippen MR) is 233 cm³/mol. The number of hydrogen-bond acceptors (Lipinski definition) is 12. The smallest absolute Gasteiger partial charge is 0.303 e. The highest BCUT2D eigenvalue weighted by Crippen LogP contribution is 2.18. The van der Waals surface area contributed by atoms with Gasteiger partial charge in [0.25, 0.3) is 0 Å². The van der Waals surface area contributed by atoms with E-state index < -0.39 is 71.7 Å². The Bertz CT molecular complexity index is 1260. The number of likely N-dealkylation sites (N-methyl/N-ethyl adjacent to an activating group) is 1. The minimum atomic E-state index is -1.36. The number of carboxylic acids is 1. The number of aliphatic carboxylic acids is 1. The number of ketones is 1. The predicted octanol–water partition coefficient (Wildman–Crippen LogP) is 1.27. The Labute approximate surface area is 364 Å². The Morgan fingerprint density at radius 1 is 0.820 bits per heavy atom. The molecule has 3 unspecified atom stereocenters. The van der Waals surface area contributed by atoms with Gasteiger partial charge in [0.05, 0.1) is 31.3 Å². The van der Waals surface area contributed by atoms with Crippen LogP contribution in [0.2, 0.25) is 0 Å². The lowest BCUT2D eigenvalue weighted by molar-refractivity contribution is -0.153. The summed E-state index contributed by atoms with van der Waals surface area (Å²) in [5.74, 6) is -3.63. The first-order chi connectivity index (χ1) is 28.5. The number of hydrogen-bond donors (Lipinski definition) is 8. The molecule has 1 saturated heterocycles. The molecule has 20 nitrogen and oxygen atoms in total. The molecule has 0 bridgehead atoms. The van der Waals surface area contributed by atoms with E-state index in [1.165, 1.54) is 11.8 Å². The number of aliphatic hydroxyl groups excluding tert-OH is 1. The minimum absolute atomic E-state index is 0.0451. The van der Waals surface area contributed by atoms with Crippen molar-refractivity contribution in [2.45, 2.75) is 146 Å². The molecule has 1 aliphatic heterocycles. The molecule has 0 radical (unpaired) electrons. The van der Waals surface area contributed by atoms with Gasteiger partial charge in [0.2, 0.25) is 41.9 Å². The molecule has 3 atom stereocenters. The van der Waals surface area contributed by atoms with Gasteiger partial charge in [0, 0.05) is 38.9 Å². The molecule has 1 heterocycles. The zero-order chi connectivity index (χ0) is 48.7. The van der Waals surface area contributed by atoms with Crippen molar-refractivity contribution in [1.82, 2.24) is 36.8 Å². The van der Waals surface area contributed by atoms with Crippen molar-refractivity contribution in [3.05, 3.63) is 0 Å². The summed E-state index contributed by atoms with van der Waals surface area (Å²) in [6, 6.07) is -2.22. The normalized spacial score (nSPS) is 13.3. The molecule has 0 aliphatic carbocycles. The van der Waals surface area contributed by atoms with Crippen LogP contribution in [0.3, 0.4) is 0 Å². The third-order valence-corrected chi connectivity index (χ3v) is 7.04. The molecule has 1 aliphatic rings. The van der Waals surface area contributed by atoms with Gasteiger partial charge in [-0.2, -0.15) is 0 Å². The van der Waals surface area contributed by atoms with Crippen molar-refractivity contribution < 1.29 is 62.8 Å². The maximum absolute atomic E-state index is 12.8. The Morgan fingerprint density at radius 2 is 1.33 bits per heavy atom. The van der Waals surface area contributed by atoms with Gasteiger partial charge in [0.15, 0.2) is 0 Å². The Morgan fingerprint density at radius 3 is 1.77 bits per heavy atom. The molecule has 8 N–H and O–H groups in total. The number of amides is 7. The van der Waals surface area contributed by atoms with Gasteiger partial charge < -0.3 is 56.5 Å². The van der Waals surface area contributed by atoms with Crippen LogP contribution in [-0.2, 0) is 52.6 Å². The van der Waals surface area contributed by atoms with Crippen LogP contribution in [0.25, 0.3) is 0 Å². The van der Waals surface area contributed by atoms with E-state index in [2.05, 4.69) is 52.7 Å². The summed E-state index contributed by atoms with van der Waals surface area (Å²) in [4.78, 5) is 106. The number of nitrogens with zero attached hydrogens (tertiary/aromatic N) is 1. The van der Waals surface area contributed by atoms with Crippen molar-refractivity contribution in [3.63, 3.8) is 0 Å². The van der Waals surface area contributed by atoms with Crippen LogP contribution in [0.4, 0.5) is 0 Å². The van der Waals surface area contributed by atoms with E-state index in [1.54, 1.807) is 48.6 Å². The van der Waals surface area contributed by atoms with Crippen LogP contribution in [-0.4, -0.2) is 146 Å². The first-order valence-electron chi connectivity index (χ1n) is 20.9. The van der Waals surface area contributed by atoms with E-state index in [-0.39, 0.29) is 57.6 Å². The summed E-state index contributed by atoms with van der Waals surface area (Å²) >= 11 is 0. The summed E-state index contributed by atoms with van der Waals surface area (Å²) in [7, 11) is 1.56. The van der Waals surface area contributed by atoms with Crippen molar-refractivity contribution in [2.24, 2.45) is 11.8 Å². The zero-order valence-electron chi connectivity index (χ0n) is 39.6. The molecule has 0 aromatic rings. The number of nitrogens with one attached hydrogen (secondary N) is 6. The van der Waals surface area contributed by atoms with Crippen LogP contribution >= 0.6 is 0 Å². The van der Waals surface area contributed by atoms with Crippen molar-refractivity contribution in [1.29, 1.82) is 0 Å². The summed E-state index contributed by atoms with van der Waals surface area (Å²) in [5, 5.41) is 31.9. The minimum Gasteiger partial charge on any atom is -0.481 e. The average molecular weight is 880 g/mol. The van der Waals surface area contributed by atoms with Gasteiger partial charge >= 0.3 is 5.97 Å². The summed E-state index contributed by atoms with van der Waals surface area (Å²) in [6.07, 6.45) is 0.646. The lowest BCUT2D eigenvalue weighted by atomic mass is 9.96. The van der Waals surface area contributed by atoms with Crippen molar-refractivity contribution in [2.75, 3.05) is 53.2 Å². The highest BCUT2D eigenvalue weighted by atomic mass is 16.7.